The molecular weight excluding hydrogens is 490 g/mol. The standard InChI is InChI=1S/C28H27N3O7/c1-15(2)12-23(28(37)38)31-25(33)17-10-11-20(22(14-17)27(35)36)19-8-3-4-9-21(19)26(34)30-18-7-5-6-16(13-18)24(29)32/h3-11,13-15,23H,12H2,1-2H3,(H2,29,32)(H,30,34)(H,31,33)(H,35,36)(H,37,38)/t23-/m0/s1. The monoisotopic (exact) mass is 517 g/mol. The number of primary amides is 1. The zero-order valence-electron chi connectivity index (χ0n) is 20.7. The summed E-state index contributed by atoms with van der Waals surface area (Å²) in [5.74, 6) is -4.46. The van der Waals surface area contributed by atoms with Gasteiger partial charge in [0.15, 0.2) is 0 Å². The average molecular weight is 518 g/mol. The third-order valence-corrected chi connectivity index (χ3v) is 5.69. The van der Waals surface area contributed by atoms with Gasteiger partial charge in [0.2, 0.25) is 5.91 Å². The Labute approximate surface area is 218 Å². The van der Waals surface area contributed by atoms with E-state index in [0.717, 1.165) is 6.07 Å². The van der Waals surface area contributed by atoms with Crippen molar-refractivity contribution in [2.75, 3.05) is 5.32 Å². The number of carboxylic acid groups (broad SMARTS) is 2. The molecule has 10 nitrogen and oxygen atoms in total. The topological polar surface area (TPSA) is 176 Å². The van der Waals surface area contributed by atoms with Crippen LogP contribution in [0.25, 0.3) is 11.1 Å². The number of carbonyl (C=O) groups excluding carboxylic acids is 3. The maximum atomic E-state index is 13.1. The van der Waals surface area contributed by atoms with Gasteiger partial charge in [0.25, 0.3) is 11.8 Å². The number of carbonyl (C=O) groups is 5. The van der Waals surface area contributed by atoms with Gasteiger partial charge in [-0.25, -0.2) is 9.59 Å². The summed E-state index contributed by atoms with van der Waals surface area (Å²) < 4.78 is 0. The molecule has 1 atom stereocenters. The van der Waals surface area contributed by atoms with Crippen LogP contribution in [0, 0.1) is 5.92 Å². The second kappa shape index (κ2) is 11.8. The molecule has 10 heteroatoms. The maximum Gasteiger partial charge on any atom is 0.336 e. The summed E-state index contributed by atoms with van der Waals surface area (Å²) in [7, 11) is 0. The molecule has 0 saturated carbocycles. The number of nitrogens with one attached hydrogen (secondary N) is 2. The van der Waals surface area contributed by atoms with Crippen molar-refractivity contribution in [3.05, 3.63) is 89.0 Å². The number of benzene rings is 3. The fraction of sp³-hybridized carbons (Fsp3) is 0.179. The summed E-state index contributed by atoms with van der Waals surface area (Å²) in [6, 6.07) is 15.2. The number of nitrogens with two attached hydrogens (primary N) is 1. The highest BCUT2D eigenvalue weighted by Gasteiger charge is 2.24. The molecule has 0 saturated heterocycles. The van der Waals surface area contributed by atoms with Crippen LogP contribution in [0.1, 0.15) is 61.7 Å². The van der Waals surface area contributed by atoms with Crippen molar-refractivity contribution >= 4 is 35.3 Å². The number of hydrogen-bond donors (Lipinski definition) is 5. The predicted octanol–water partition coefficient (Wildman–Crippen LogP) is 3.63. The van der Waals surface area contributed by atoms with E-state index >= 15 is 0 Å². The highest BCUT2D eigenvalue weighted by Crippen LogP contribution is 2.29. The van der Waals surface area contributed by atoms with Crippen LogP contribution in [-0.2, 0) is 4.79 Å². The summed E-state index contributed by atoms with van der Waals surface area (Å²) in [6.45, 7) is 3.64. The lowest BCUT2D eigenvalue weighted by molar-refractivity contribution is -0.139. The first-order chi connectivity index (χ1) is 18.0. The van der Waals surface area contributed by atoms with Crippen LogP contribution in [-0.4, -0.2) is 45.9 Å². The van der Waals surface area contributed by atoms with E-state index in [1.165, 1.54) is 30.3 Å². The maximum absolute atomic E-state index is 13.1. The molecule has 3 rings (SSSR count). The van der Waals surface area contributed by atoms with Gasteiger partial charge in [-0.3, -0.25) is 14.4 Å². The highest BCUT2D eigenvalue weighted by atomic mass is 16.4. The first kappa shape index (κ1) is 27.6. The van der Waals surface area contributed by atoms with Crippen molar-refractivity contribution in [2.45, 2.75) is 26.3 Å². The molecule has 0 bridgehead atoms. The Morgan fingerprint density at radius 3 is 2.11 bits per heavy atom. The SMILES string of the molecule is CC(C)C[C@H](NC(=O)c1ccc(-c2ccccc2C(=O)Nc2cccc(C(N)=O)c2)c(C(=O)O)c1)C(=O)O. The molecule has 38 heavy (non-hydrogen) atoms. The second-order valence-electron chi connectivity index (χ2n) is 9.00. The third kappa shape index (κ3) is 6.61. The molecule has 0 unspecified atom stereocenters. The molecule has 3 aromatic rings. The van der Waals surface area contributed by atoms with Crippen molar-refractivity contribution < 1.29 is 34.2 Å². The summed E-state index contributed by atoms with van der Waals surface area (Å²) >= 11 is 0. The van der Waals surface area contributed by atoms with E-state index in [9.17, 15) is 34.2 Å². The lowest BCUT2D eigenvalue weighted by Gasteiger charge is -2.17. The summed E-state index contributed by atoms with van der Waals surface area (Å²) in [4.78, 5) is 61.0. The van der Waals surface area contributed by atoms with E-state index in [-0.39, 0.29) is 40.2 Å². The minimum atomic E-state index is -1.34. The molecule has 0 heterocycles. The van der Waals surface area contributed by atoms with Crippen molar-refractivity contribution in [3.8, 4) is 11.1 Å². The van der Waals surface area contributed by atoms with Crippen LogP contribution in [0.3, 0.4) is 0 Å². The first-order valence-electron chi connectivity index (χ1n) is 11.7. The Kier molecular flexibility index (Phi) is 8.59. The van der Waals surface area contributed by atoms with Gasteiger partial charge in [-0.1, -0.05) is 44.2 Å². The van der Waals surface area contributed by atoms with Crippen molar-refractivity contribution in [1.29, 1.82) is 0 Å². The average Bonchev–Trinajstić information content (AvgIpc) is 2.87. The molecule has 0 fully saturated rings. The highest BCUT2D eigenvalue weighted by molar-refractivity contribution is 6.11. The summed E-state index contributed by atoms with van der Waals surface area (Å²) in [5.41, 5.74) is 6.17. The lowest BCUT2D eigenvalue weighted by atomic mass is 9.93. The number of anilines is 1. The molecule has 3 amide bonds. The molecule has 3 aromatic carbocycles. The van der Waals surface area contributed by atoms with Crippen molar-refractivity contribution in [1.82, 2.24) is 5.32 Å². The number of aromatic carboxylic acids is 1. The largest absolute Gasteiger partial charge is 0.480 e. The fourth-order valence-electron chi connectivity index (χ4n) is 3.90. The Hall–Kier alpha value is -4.99. The fourth-order valence-corrected chi connectivity index (χ4v) is 3.90. The number of hydrogen-bond acceptors (Lipinski definition) is 5. The van der Waals surface area contributed by atoms with Crippen LogP contribution in [0.4, 0.5) is 5.69 Å². The van der Waals surface area contributed by atoms with Gasteiger partial charge in [-0.2, -0.15) is 0 Å². The summed E-state index contributed by atoms with van der Waals surface area (Å²) in [6.07, 6.45) is 0.204. The summed E-state index contributed by atoms with van der Waals surface area (Å²) in [5, 5.41) is 24.4. The molecule has 0 aromatic heterocycles. The normalized spacial score (nSPS) is 11.4. The number of aliphatic carboxylic acids is 1. The van der Waals surface area contributed by atoms with Crippen LogP contribution in [0.15, 0.2) is 66.7 Å². The van der Waals surface area contributed by atoms with E-state index in [2.05, 4.69) is 10.6 Å². The molecule has 196 valence electrons. The third-order valence-electron chi connectivity index (χ3n) is 5.69. The van der Waals surface area contributed by atoms with E-state index in [4.69, 9.17) is 5.73 Å². The zero-order chi connectivity index (χ0) is 28.0. The van der Waals surface area contributed by atoms with Crippen molar-refractivity contribution in [2.24, 2.45) is 11.7 Å². The Morgan fingerprint density at radius 2 is 1.47 bits per heavy atom. The molecule has 0 aliphatic heterocycles. The minimum absolute atomic E-state index is 0.00859. The minimum Gasteiger partial charge on any atom is -0.480 e. The first-order valence-corrected chi connectivity index (χ1v) is 11.7. The van der Waals surface area contributed by atoms with Gasteiger partial charge in [0, 0.05) is 22.4 Å². The quantitative estimate of drug-likeness (QED) is 0.273. The van der Waals surface area contributed by atoms with Crippen molar-refractivity contribution in [3.63, 3.8) is 0 Å². The smallest absolute Gasteiger partial charge is 0.336 e. The predicted molar refractivity (Wildman–Crippen MR) is 140 cm³/mol. The van der Waals surface area contributed by atoms with E-state index < -0.39 is 35.7 Å². The Bertz CT molecular complexity index is 1420. The van der Waals surface area contributed by atoms with Gasteiger partial charge < -0.3 is 26.6 Å². The van der Waals surface area contributed by atoms with Crippen LogP contribution < -0.4 is 16.4 Å². The van der Waals surface area contributed by atoms with Crippen LogP contribution >= 0.6 is 0 Å². The lowest BCUT2D eigenvalue weighted by Crippen LogP contribution is -2.41. The van der Waals surface area contributed by atoms with Gasteiger partial charge in [0.1, 0.15) is 6.04 Å². The number of carboxylic acids is 2. The zero-order valence-corrected chi connectivity index (χ0v) is 20.7. The van der Waals surface area contributed by atoms with Gasteiger partial charge in [-0.05, 0) is 59.9 Å². The molecule has 0 aliphatic carbocycles. The molecule has 0 aliphatic rings. The van der Waals surface area contributed by atoms with Gasteiger partial charge >= 0.3 is 11.9 Å². The second-order valence-corrected chi connectivity index (χ2v) is 9.00. The van der Waals surface area contributed by atoms with Crippen LogP contribution in [0.2, 0.25) is 0 Å². The number of amides is 3. The van der Waals surface area contributed by atoms with E-state index in [1.807, 2.05) is 13.8 Å². The van der Waals surface area contributed by atoms with E-state index in [0.29, 0.717) is 11.3 Å². The van der Waals surface area contributed by atoms with Crippen LogP contribution in [0.5, 0.6) is 0 Å². The Balaban J connectivity index is 1.96. The number of rotatable bonds is 10. The molecule has 0 radical (unpaired) electrons. The molecule has 6 N–H and O–H groups in total. The van der Waals surface area contributed by atoms with Gasteiger partial charge in [0.05, 0.1) is 5.56 Å². The van der Waals surface area contributed by atoms with E-state index in [1.54, 1.807) is 30.3 Å². The molecule has 0 spiro atoms. The van der Waals surface area contributed by atoms with Gasteiger partial charge in [-0.15, -0.1) is 0 Å². The Morgan fingerprint density at radius 1 is 0.789 bits per heavy atom. The molecular formula is C28H27N3O7.